The number of aromatic nitrogens is 3. The van der Waals surface area contributed by atoms with E-state index in [1.165, 1.54) is 0 Å². The van der Waals surface area contributed by atoms with Crippen LogP contribution in [0.1, 0.15) is 11.1 Å². The lowest BCUT2D eigenvalue weighted by Crippen LogP contribution is -2.01. The first-order chi connectivity index (χ1) is 12.8. The van der Waals surface area contributed by atoms with E-state index in [9.17, 15) is 5.11 Å². The maximum atomic E-state index is 9.22. The number of aliphatic hydroxyl groups is 1. The average Bonchev–Trinajstić information content (AvgIpc) is 3.13. The van der Waals surface area contributed by atoms with Gasteiger partial charge >= 0.3 is 0 Å². The highest BCUT2D eigenvalue weighted by atomic mass is 16.3. The van der Waals surface area contributed by atoms with Gasteiger partial charge in [-0.25, -0.2) is 4.98 Å². The van der Waals surface area contributed by atoms with Crippen molar-refractivity contribution in [2.45, 2.75) is 13.2 Å². The number of aliphatic hydroxyl groups excluding tert-OH is 1. The van der Waals surface area contributed by atoms with E-state index >= 15 is 0 Å². The second-order valence-electron chi connectivity index (χ2n) is 6.15. The van der Waals surface area contributed by atoms with Crippen molar-refractivity contribution in [3.05, 3.63) is 96.6 Å². The predicted octanol–water partition coefficient (Wildman–Crippen LogP) is 4.15. The molecule has 0 fully saturated rings. The number of imidazole rings is 1. The Kier molecular flexibility index (Phi) is 4.58. The standard InChI is InChI=1S/C22H19N3O/c26-15-18-8-6-17(7-9-18)14-25-16-24-21(19-4-2-1-3-5-19)22(25)20-10-12-23-13-11-20/h1-13,16,26H,14-15H2. The van der Waals surface area contributed by atoms with E-state index < -0.39 is 0 Å². The molecule has 0 bridgehead atoms. The molecule has 0 aliphatic carbocycles. The number of pyridine rings is 1. The fourth-order valence-corrected chi connectivity index (χ4v) is 3.07. The Morgan fingerprint density at radius 2 is 1.46 bits per heavy atom. The molecule has 4 rings (SSSR count). The van der Waals surface area contributed by atoms with Crippen LogP contribution in [0.3, 0.4) is 0 Å². The van der Waals surface area contributed by atoms with Crippen molar-refractivity contribution in [1.29, 1.82) is 0 Å². The van der Waals surface area contributed by atoms with Crippen LogP contribution in [-0.2, 0) is 13.2 Å². The summed E-state index contributed by atoms with van der Waals surface area (Å²) in [7, 11) is 0. The molecule has 0 atom stereocenters. The van der Waals surface area contributed by atoms with Gasteiger partial charge in [-0.3, -0.25) is 4.98 Å². The van der Waals surface area contributed by atoms with Crippen LogP contribution in [0.2, 0.25) is 0 Å². The van der Waals surface area contributed by atoms with Crippen molar-refractivity contribution in [2.75, 3.05) is 0 Å². The zero-order valence-corrected chi connectivity index (χ0v) is 14.3. The van der Waals surface area contributed by atoms with E-state index in [1.807, 2.05) is 60.9 Å². The minimum Gasteiger partial charge on any atom is -0.392 e. The highest BCUT2D eigenvalue weighted by Gasteiger charge is 2.15. The SMILES string of the molecule is OCc1ccc(Cn2cnc(-c3ccccc3)c2-c2ccncc2)cc1. The highest BCUT2D eigenvalue weighted by Crippen LogP contribution is 2.31. The quantitative estimate of drug-likeness (QED) is 0.593. The molecule has 4 heteroatoms. The molecule has 0 spiro atoms. The maximum Gasteiger partial charge on any atom is 0.0963 e. The third kappa shape index (κ3) is 3.27. The van der Waals surface area contributed by atoms with Gasteiger partial charge in [0.05, 0.1) is 24.3 Å². The molecule has 2 aromatic heterocycles. The Hall–Kier alpha value is -3.24. The summed E-state index contributed by atoms with van der Waals surface area (Å²) in [6.45, 7) is 0.773. The summed E-state index contributed by atoms with van der Waals surface area (Å²) < 4.78 is 2.16. The molecule has 0 saturated carbocycles. The third-order valence-corrected chi connectivity index (χ3v) is 4.40. The smallest absolute Gasteiger partial charge is 0.0963 e. The summed E-state index contributed by atoms with van der Waals surface area (Å²) in [5, 5.41) is 9.22. The van der Waals surface area contributed by atoms with Gasteiger partial charge < -0.3 is 9.67 Å². The molecule has 4 aromatic rings. The van der Waals surface area contributed by atoms with Crippen molar-refractivity contribution in [1.82, 2.24) is 14.5 Å². The van der Waals surface area contributed by atoms with Crippen LogP contribution in [0, 0.1) is 0 Å². The van der Waals surface area contributed by atoms with E-state index in [0.717, 1.165) is 33.6 Å². The van der Waals surface area contributed by atoms with E-state index in [1.54, 1.807) is 12.4 Å². The Balaban J connectivity index is 1.78. The molecule has 1 N–H and O–H groups in total. The van der Waals surface area contributed by atoms with Crippen LogP contribution >= 0.6 is 0 Å². The molecule has 0 amide bonds. The minimum absolute atomic E-state index is 0.0613. The Labute approximate surface area is 152 Å². The number of hydrogen-bond acceptors (Lipinski definition) is 3. The van der Waals surface area contributed by atoms with Gasteiger partial charge in [0, 0.05) is 30.1 Å². The first-order valence-electron chi connectivity index (χ1n) is 8.55. The number of nitrogens with zero attached hydrogens (tertiary/aromatic N) is 3. The number of hydrogen-bond donors (Lipinski definition) is 1. The zero-order valence-electron chi connectivity index (χ0n) is 14.3. The summed E-state index contributed by atoms with van der Waals surface area (Å²) in [5.41, 5.74) is 6.29. The second-order valence-corrected chi connectivity index (χ2v) is 6.15. The normalized spacial score (nSPS) is 10.8. The zero-order chi connectivity index (χ0) is 17.8. The average molecular weight is 341 g/mol. The summed E-state index contributed by atoms with van der Waals surface area (Å²) in [5.74, 6) is 0. The van der Waals surface area contributed by atoms with Gasteiger partial charge in [-0.2, -0.15) is 0 Å². The number of benzene rings is 2. The van der Waals surface area contributed by atoms with Crippen LogP contribution in [0.15, 0.2) is 85.5 Å². The van der Waals surface area contributed by atoms with Crippen LogP contribution in [-0.4, -0.2) is 19.6 Å². The van der Waals surface area contributed by atoms with E-state index in [2.05, 4.69) is 21.7 Å². The van der Waals surface area contributed by atoms with Gasteiger partial charge in [0.25, 0.3) is 0 Å². The van der Waals surface area contributed by atoms with Gasteiger partial charge in [-0.05, 0) is 23.3 Å². The molecule has 0 unspecified atom stereocenters. The van der Waals surface area contributed by atoms with Crippen LogP contribution in [0.4, 0.5) is 0 Å². The Bertz CT molecular complexity index is 977. The molecule has 2 aromatic carbocycles. The van der Waals surface area contributed by atoms with Crippen LogP contribution in [0.25, 0.3) is 22.5 Å². The molecule has 0 aliphatic rings. The van der Waals surface area contributed by atoms with E-state index in [0.29, 0.717) is 6.54 Å². The minimum atomic E-state index is 0.0613. The van der Waals surface area contributed by atoms with Gasteiger partial charge in [0.1, 0.15) is 0 Å². The van der Waals surface area contributed by atoms with Crippen molar-refractivity contribution < 1.29 is 5.11 Å². The molecule has 4 nitrogen and oxygen atoms in total. The van der Waals surface area contributed by atoms with Gasteiger partial charge in [-0.15, -0.1) is 0 Å². The molecule has 26 heavy (non-hydrogen) atoms. The van der Waals surface area contributed by atoms with Crippen molar-refractivity contribution in [3.63, 3.8) is 0 Å². The molecule has 128 valence electrons. The van der Waals surface area contributed by atoms with Crippen molar-refractivity contribution >= 4 is 0 Å². The molecule has 0 saturated heterocycles. The summed E-state index contributed by atoms with van der Waals surface area (Å²) in [6.07, 6.45) is 5.49. The number of rotatable bonds is 5. The Morgan fingerprint density at radius 1 is 0.769 bits per heavy atom. The molecular weight excluding hydrogens is 322 g/mol. The topological polar surface area (TPSA) is 50.9 Å². The largest absolute Gasteiger partial charge is 0.392 e. The van der Waals surface area contributed by atoms with Gasteiger partial charge in [0.15, 0.2) is 0 Å². The lowest BCUT2D eigenvalue weighted by atomic mass is 10.1. The monoisotopic (exact) mass is 341 g/mol. The van der Waals surface area contributed by atoms with Gasteiger partial charge in [0.2, 0.25) is 0 Å². The van der Waals surface area contributed by atoms with Gasteiger partial charge in [-0.1, -0.05) is 54.6 Å². The Morgan fingerprint density at radius 3 is 2.15 bits per heavy atom. The van der Waals surface area contributed by atoms with Crippen LogP contribution < -0.4 is 0 Å². The fraction of sp³-hybridized carbons (Fsp3) is 0.0909. The lowest BCUT2D eigenvalue weighted by molar-refractivity contribution is 0.282. The highest BCUT2D eigenvalue weighted by molar-refractivity contribution is 5.78. The first-order valence-corrected chi connectivity index (χ1v) is 8.55. The fourth-order valence-electron chi connectivity index (χ4n) is 3.07. The lowest BCUT2D eigenvalue weighted by Gasteiger charge is -2.11. The van der Waals surface area contributed by atoms with E-state index in [4.69, 9.17) is 4.98 Å². The summed E-state index contributed by atoms with van der Waals surface area (Å²) >= 11 is 0. The summed E-state index contributed by atoms with van der Waals surface area (Å²) in [4.78, 5) is 8.83. The second kappa shape index (κ2) is 7.33. The maximum absolute atomic E-state index is 9.22. The molecule has 0 aliphatic heterocycles. The predicted molar refractivity (Wildman–Crippen MR) is 102 cm³/mol. The van der Waals surface area contributed by atoms with Crippen molar-refractivity contribution in [2.24, 2.45) is 0 Å². The third-order valence-electron chi connectivity index (χ3n) is 4.40. The molecule has 2 heterocycles. The van der Waals surface area contributed by atoms with Crippen LogP contribution in [0.5, 0.6) is 0 Å². The molecular formula is C22H19N3O. The van der Waals surface area contributed by atoms with Crippen molar-refractivity contribution in [3.8, 4) is 22.5 Å². The van der Waals surface area contributed by atoms with E-state index in [-0.39, 0.29) is 6.61 Å². The first kappa shape index (κ1) is 16.2. The summed E-state index contributed by atoms with van der Waals surface area (Å²) in [6, 6.07) is 22.2. The molecule has 0 radical (unpaired) electrons.